The zero-order valence-electron chi connectivity index (χ0n) is 14.6. The highest BCUT2D eigenvalue weighted by atomic mass is 16.7. The lowest BCUT2D eigenvalue weighted by molar-refractivity contribution is -0.0804. The van der Waals surface area contributed by atoms with Gasteiger partial charge in [0.05, 0.1) is 0 Å². The van der Waals surface area contributed by atoms with Crippen LogP contribution in [0.1, 0.15) is 11.1 Å². The highest BCUT2D eigenvalue weighted by Gasteiger charge is 2.43. The molecular weight excluding hydrogens is 332 g/mol. The van der Waals surface area contributed by atoms with E-state index in [1.807, 2.05) is 36.4 Å². The summed E-state index contributed by atoms with van der Waals surface area (Å²) in [5, 5.41) is 2.39. The van der Waals surface area contributed by atoms with Gasteiger partial charge in [-0.1, -0.05) is 72.8 Å². The molecule has 128 valence electrons. The Hall–Kier alpha value is -3.52. The lowest BCUT2D eigenvalue weighted by Gasteiger charge is -2.40. The zero-order chi connectivity index (χ0) is 17.8. The lowest BCUT2D eigenvalue weighted by Crippen LogP contribution is -2.41. The Morgan fingerprint density at radius 2 is 1.33 bits per heavy atom. The molecule has 2 heterocycles. The van der Waals surface area contributed by atoms with Crippen molar-refractivity contribution in [1.29, 1.82) is 0 Å². The van der Waals surface area contributed by atoms with Gasteiger partial charge in [-0.2, -0.15) is 0 Å². The van der Waals surface area contributed by atoms with Crippen LogP contribution in [0.5, 0.6) is 11.5 Å². The van der Waals surface area contributed by atoms with Gasteiger partial charge < -0.3 is 9.47 Å². The molecule has 0 N–H and O–H groups in total. The van der Waals surface area contributed by atoms with Crippen LogP contribution in [0.4, 0.5) is 0 Å². The van der Waals surface area contributed by atoms with Crippen molar-refractivity contribution in [3.63, 3.8) is 0 Å². The predicted octanol–water partition coefficient (Wildman–Crippen LogP) is 6.16. The molecule has 0 aliphatic carbocycles. The standard InChI is InChI=1S/C25H16O2/c1-2-8-18-17(7-1)13-14-24-21(18)15-16-25(27-24)22-11-5-3-9-19(22)20-10-4-6-12-23(20)26-25/h1-16H. The first kappa shape index (κ1) is 14.6. The van der Waals surface area contributed by atoms with Gasteiger partial charge in [-0.3, -0.25) is 0 Å². The molecule has 0 amide bonds. The summed E-state index contributed by atoms with van der Waals surface area (Å²) in [5.74, 6) is 0.732. The summed E-state index contributed by atoms with van der Waals surface area (Å²) < 4.78 is 13.0. The molecule has 0 saturated carbocycles. The fraction of sp³-hybridized carbons (Fsp3) is 0.0400. The van der Waals surface area contributed by atoms with Crippen LogP contribution < -0.4 is 9.47 Å². The predicted molar refractivity (Wildman–Crippen MR) is 108 cm³/mol. The molecule has 1 atom stereocenters. The Morgan fingerprint density at radius 1 is 0.593 bits per heavy atom. The molecule has 0 aromatic heterocycles. The zero-order valence-corrected chi connectivity index (χ0v) is 14.6. The van der Waals surface area contributed by atoms with Crippen molar-refractivity contribution < 1.29 is 9.47 Å². The second-order valence-corrected chi connectivity index (χ2v) is 6.95. The summed E-state index contributed by atoms with van der Waals surface area (Å²) in [7, 11) is 0. The third-order valence-corrected chi connectivity index (χ3v) is 5.40. The molecule has 2 heteroatoms. The van der Waals surface area contributed by atoms with Crippen LogP contribution in [0.3, 0.4) is 0 Å². The number of fused-ring (bicyclic) bond motifs is 7. The highest BCUT2D eigenvalue weighted by molar-refractivity contribution is 5.94. The minimum absolute atomic E-state index is 0.838. The van der Waals surface area contributed by atoms with Gasteiger partial charge in [0.25, 0.3) is 5.79 Å². The molecular formula is C25H16O2. The van der Waals surface area contributed by atoms with E-state index in [9.17, 15) is 0 Å². The molecule has 1 spiro atoms. The summed E-state index contributed by atoms with van der Waals surface area (Å²) in [5.41, 5.74) is 4.37. The molecule has 0 fully saturated rings. The SMILES string of the molecule is C1=CC2(Oc3ccccc3-c3ccccc32)Oc2ccc3ccccc3c21. The monoisotopic (exact) mass is 348 g/mol. The molecule has 27 heavy (non-hydrogen) atoms. The Balaban J connectivity index is 1.58. The molecule has 2 aliphatic heterocycles. The van der Waals surface area contributed by atoms with Crippen LogP contribution in [-0.4, -0.2) is 0 Å². The second-order valence-electron chi connectivity index (χ2n) is 6.95. The quantitative estimate of drug-likeness (QED) is 0.379. The summed E-state index contributed by atoms with van der Waals surface area (Å²) >= 11 is 0. The van der Waals surface area contributed by atoms with E-state index in [0.29, 0.717) is 0 Å². The van der Waals surface area contributed by atoms with E-state index in [1.54, 1.807) is 0 Å². The van der Waals surface area contributed by atoms with Crippen LogP contribution in [0.2, 0.25) is 0 Å². The van der Waals surface area contributed by atoms with Crippen LogP contribution >= 0.6 is 0 Å². The summed E-state index contributed by atoms with van der Waals surface area (Å²) in [6.07, 6.45) is 4.17. The Bertz CT molecular complexity index is 1240. The van der Waals surface area contributed by atoms with Crippen LogP contribution in [0.15, 0.2) is 91.0 Å². The van der Waals surface area contributed by atoms with Gasteiger partial charge in [0, 0.05) is 22.8 Å². The maximum Gasteiger partial charge on any atom is 0.299 e. The summed E-state index contributed by atoms with van der Waals surface area (Å²) in [6.45, 7) is 0. The van der Waals surface area contributed by atoms with E-state index in [2.05, 4.69) is 60.7 Å². The van der Waals surface area contributed by atoms with Crippen LogP contribution in [0.25, 0.3) is 28.0 Å². The molecule has 4 aromatic rings. The smallest absolute Gasteiger partial charge is 0.299 e. The van der Waals surface area contributed by atoms with Gasteiger partial charge in [0.2, 0.25) is 0 Å². The number of hydrogen-bond donors (Lipinski definition) is 0. The Labute approximate surface area is 157 Å². The topological polar surface area (TPSA) is 18.5 Å². The van der Waals surface area contributed by atoms with E-state index in [-0.39, 0.29) is 0 Å². The van der Waals surface area contributed by atoms with Crippen molar-refractivity contribution in [2.24, 2.45) is 0 Å². The molecule has 1 unspecified atom stereocenters. The number of ether oxygens (including phenoxy) is 2. The van der Waals surface area contributed by atoms with E-state index in [0.717, 1.165) is 33.8 Å². The minimum atomic E-state index is -0.944. The molecule has 0 bridgehead atoms. The van der Waals surface area contributed by atoms with Crippen molar-refractivity contribution in [2.45, 2.75) is 5.79 Å². The van der Waals surface area contributed by atoms with E-state index in [1.165, 1.54) is 10.8 Å². The first-order chi connectivity index (χ1) is 13.3. The number of rotatable bonds is 0. The van der Waals surface area contributed by atoms with Gasteiger partial charge in [0.1, 0.15) is 11.5 Å². The number of para-hydroxylation sites is 1. The van der Waals surface area contributed by atoms with Crippen molar-refractivity contribution in [3.05, 3.63) is 102 Å². The highest BCUT2D eigenvalue weighted by Crippen LogP contribution is 2.49. The van der Waals surface area contributed by atoms with Gasteiger partial charge in [-0.25, -0.2) is 0 Å². The maximum absolute atomic E-state index is 6.54. The van der Waals surface area contributed by atoms with Gasteiger partial charge in [-0.05, 0) is 34.5 Å². The van der Waals surface area contributed by atoms with Crippen molar-refractivity contribution in [3.8, 4) is 22.6 Å². The fourth-order valence-electron chi connectivity index (χ4n) is 4.14. The average Bonchev–Trinajstić information content (AvgIpc) is 2.74. The third kappa shape index (κ3) is 2.01. The van der Waals surface area contributed by atoms with Crippen molar-refractivity contribution in [1.82, 2.24) is 0 Å². The normalized spacial score (nSPS) is 19.0. The molecule has 6 rings (SSSR count). The largest absolute Gasteiger partial charge is 0.444 e. The summed E-state index contributed by atoms with van der Waals surface area (Å²) in [4.78, 5) is 0. The first-order valence-electron chi connectivity index (χ1n) is 9.12. The molecule has 0 radical (unpaired) electrons. The minimum Gasteiger partial charge on any atom is -0.444 e. The van der Waals surface area contributed by atoms with E-state index >= 15 is 0 Å². The molecule has 0 saturated heterocycles. The van der Waals surface area contributed by atoms with Crippen LogP contribution in [0, 0.1) is 0 Å². The maximum atomic E-state index is 6.54. The van der Waals surface area contributed by atoms with Crippen LogP contribution in [-0.2, 0) is 5.79 Å². The van der Waals surface area contributed by atoms with Gasteiger partial charge in [-0.15, -0.1) is 0 Å². The number of benzene rings is 4. The Morgan fingerprint density at radius 3 is 2.30 bits per heavy atom. The van der Waals surface area contributed by atoms with Gasteiger partial charge >= 0.3 is 0 Å². The lowest BCUT2D eigenvalue weighted by atomic mass is 9.88. The van der Waals surface area contributed by atoms with E-state index < -0.39 is 5.79 Å². The van der Waals surface area contributed by atoms with Crippen molar-refractivity contribution in [2.75, 3.05) is 0 Å². The molecule has 2 aliphatic rings. The fourth-order valence-corrected chi connectivity index (χ4v) is 4.14. The Kier molecular flexibility index (Phi) is 2.84. The van der Waals surface area contributed by atoms with E-state index in [4.69, 9.17) is 9.47 Å². The van der Waals surface area contributed by atoms with Crippen molar-refractivity contribution >= 4 is 16.8 Å². The first-order valence-corrected chi connectivity index (χ1v) is 9.12. The summed E-state index contributed by atoms with van der Waals surface area (Å²) in [6, 6.07) is 28.9. The molecule has 2 nitrogen and oxygen atoms in total. The molecule has 4 aromatic carbocycles. The average molecular weight is 348 g/mol. The van der Waals surface area contributed by atoms with Gasteiger partial charge in [0.15, 0.2) is 0 Å². The number of hydrogen-bond acceptors (Lipinski definition) is 2. The third-order valence-electron chi connectivity index (χ3n) is 5.40. The second kappa shape index (κ2) is 5.24.